The second-order valence-electron chi connectivity index (χ2n) is 5.27. The second kappa shape index (κ2) is 5.63. The first-order chi connectivity index (χ1) is 9.72. The summed E-state index contributed by atoms with van der Waals surface area (Å²) in [6, 6.07) is 13.1. The van der Waals surface area contributed by atoms with E-state index in [0.717, 1.165) is 16.9 Å². The molecular formula is C17H18FNO. The van der Waals surface area contributed by atoms with E-state index in [1.54, 1.807) is 12.1 Å². The Hall–Kier alpha value is -1.87. The van der Waals surface area contributed by atoms with Crippen LogP contribution in [0.4, 0.5) is 4.39 Å². The summed E-state index contributed by atoms with van der Waals surface area (Å²) >= 11 is 0. The number of hydrogen-bond acceptors (Lipinski definition) is 2. The summed E-state index contributed by atoms with van der Waals surface area (Å²) in [4.78, 5) is 0. The van der Waals surface area contributed by atoms with E-state index >= 15 is 0 Å². The molecular weight excluding hydrogens is 253 g/mol. The molecule has 1 aliphatic rings. The van der Waals surface area contributed by atoms with Crippen LogP contribution < -0.4 is 10.1 Å². The van der Waals surface area contributed by atoms with E-state index in [2.05, 4.69) is 5.32 Å². The quantitative estimate of drug-likeness (QED) is 0.881. The highest BCUT2D eigenvalue weighted by Gasteiger charge is 2.21. The lowest BCUT2D eigenvalue weighted by Crippen LogP contribution is -2.16. The average Bonchev–Trinajstić information content (AvgIpc) is 3.25. The van der Waals surface area contributed by atoms with Crippen molar-refractivity contribution >= 4 is 0 Å². The Labute approximate surface area is 118 Å². The molecule has 3 rings (SSSR count). The van der Waals surface area contributed by atoms with Crippen LogP contribution in [0.15, 0.2) is 42.5 Å². The van der Waals surface area contributed by atoms with Crippen molar-refractivity contribution in [3.63, 3.8) is 0 Å². The fraction of sp³-hybridized carbons (Fsp3) is 0.294. The Balaban J connectivity index is 1.82. The average molecular weight is 271 g/mol. The number of benzene rings is 2. The molecule has 0 unspecified atom stereocenters. The zero-order chi connectivity index (χ0) is 13.9. The highest BCUT2D eigenvalue weighted by molar-refractivity contribution is 5.41. The minimum Gasteiger partial charge on any atom is -0.457 e. The Bertz CT molecular complexity index is 608. The van der Waals surface area contributed by atoms with Crippen molar-refractivity contribution in [1.29, 1.82) is 0 Å². The molecule has 20 heavy (non-hydrogen) atoms. The van der Waals surface area contributed by atoms with Gasteiger partial charge in [-0.1, -0.05) is 18.2 Å². The molecule has 1 N–H and O–H groups in total. The van der Waals surface area contributed by atoms with Crippen molar-refractivity contribution in [1.82, 2.24) is 5.32 Å². The van der Waals surface area contributed by atoms with E-state index < -0.39 is 0 Å². The predicted molar refractivity (Wildman–Crippen MR) is 77.5 cm³/mol. The Morgan fingerprint density at radius 2 is 1.95 bits per heavy atom. The Morgan fingerprint density at radius 3 is 2.70 bits per heavy atom. The summed E-state index contributed by atoms with van der Waals surface area (Å²) < 4.78 is 19.4. The van der Waals surface area contributed by atoms with E-state index in [1.165, 1.54) is 18.9 Å². The number of aryl methyl sites for hydroxylation is 1. The first-order valence-electron chi connectivity index (χ1n) is 6.97. The Morgan fingerprint density at radius 1 is 1.15 bits per heavy atom. The van der Waals surface area contributed by atoms with Gasteiger partial charge in [-0.25, -0.2) is 4.39 Å². The minimum atomic E-state index is -0.227. The standard InChI is InChI=1S/C17H18FNO/c1-12-4-2-3-5-16(12)20-17-9-6-14(18)10-13(17)11-19-15-7-8-15/h2-6,9-10,15,19H,7-8,11H2,1H3. The molecule has 0 heterocycles. The largest absolute Gasteiger partial charge is 0.457 e. The van der Waals surface area contributed by atoms with Gasteiger partial charge in [0.05, 0.1) is 0 Å². The molecule has 0 bridgehead atoms. The van der Waals surface area contributed by atoms with Gasteiger partial charge in [0.15, 0.2) is 0 Å². The molecule has 2 aromatic rings. The van der Waals surface area contributed by atoms with Crippen LogP contribution in [-0.4, -0.2) is 6.04 Å². The zero-order valence-electron chi connectivity index (χ0n) is 11.5. The molecule has 0 radical (unpaired) electrons. The van der Waals surface area contributed by atoms with Crippen molar-refractivity contribution < 1.29 is 9.13 Å². The third-order valence-electron chi connectivity index (χ3n) is 3.49. The lowest BCUT2D eigenvalue weighted by atomic mass is 10.2. The number of ether oxygens (including phenoxy) is 1. The Kier molecular flexibility index (Phi) is 3.70. The van der Waals surface area contributed by atoms with Crippen LogP contribution in [0, 0.1) is 12.7 Å². The number of rotatable bonds is 5. The van der Waals surface area contributed by atoms with E-state index in [-0.39, 0.29) is 5.82 Å². The maximum Gasteiger partial charge on any atom is 0.132 e. The number of halogens is 1. The summed E-state index contributed by atoms with van der Waals surface area (Å²) in [7, 11) is 0. The summed E-state index contributed by atoms with van der Waals surface area (Å²) in [5.74, 6) is 1.30. The predicted octanol–water partition coefficient (Wildman–Crippen LogP) is 4.18. The van der Waals surface area contributed by atoms with Crippen LogP contribution >= 0.6 is 0 Å². The van der Waals surface area contributed by atoms with Crippen LogP contribution in [0.5, 0.6) is 11.5 Å². The van der Waals surface area contributed by atoms with Gasteiger partial charge in [0, 0.05) is 18.2 Å². The molecule has 2 aromatic carbocycles. The first kappa shape index (κ1) is 13.1. The molecule has 0 aliphatic heterocycles. The van der Waals surface area contributed by atoms with Gasteiger partial charge in [-0.2, -0.15) is 0 Å². The zero-order valence-corrected chi connectivity index (χ0v) is 11.5. The summed E-state index contributed by atoms with van der Waals surface area (Å²) in [5, 5.41) is 3.39. The molecule has 1 aliphatic carbocycles. The van der Waals surface area contributed by atoms with Crippen molar-refractivity contribution in [3.05, 3.63) is 59.4 Å². The van der Waals surface area contributed by atoms with Gasteiger partial charge in [-0.05, 0) is 49.6 Å². The van der Waals surface area contributed by atoms with Crippen molar-refractivity contribution in [3.8, 4) is 11.5 Å². The third-order valence-corrected chi connectivity index (χ3v) is 3.49. The topological polar surface area (TPSA) is 21.3 Å². The van der Waals surface area contributed by atoms with Gasteiger partial charge in [-0.15, -0.1) is 0 Å². The van der Waals surface area contributed by atoms with Crippen LogP contribution in [0.1, 0.15) is 24.0 Å². The van der Waals surface area contributed by atoms with Crippen LogP contribution in [0.25, 0.3) is 0 Å². The van der Waals surface area contributed by atoms with Gasteiger partial charge >= 0.3 is 0 Å². The molecule has 1 fully saturated rings. The van der Waals surface area contributed by atoms with Crippen LogP contribution in [-0.2, 0) is 6.54 Å². The normalized spacial score (nSPS) is 14.3. The maximum absolute atomic E-state index is 13.4. The van der Waals surface area contributed by atoms with Crippen LogP contribution in [0.3, 0.4) is 0 Å². The van der Waals surface area contributed by atoms with E-state index in [0.29, 0.717) is 18.3 Å². The fourth-order valence-electron chi connectivity index (χ4n) is 2.12. The molecule has 0 spiro atoms. The van der Waals surface area contributed by atoms with Crippen molar-refractivity contribution in [2.24, 2.45) is 0 Å². The van der Waals surface area contributed by atoms with Gasteiger partial charge in [0.2, 0.25) is 0 Å². The lowest BCUT2D eigenvalue weighted by Gasteiger charge is -2.13. The van der Waals surface area contributed by atoms with E-state index in [1.807, 2.05) is 31.2 Å². The highest BCUT2D eigenvalue weighted by Crippen LogP contribution is 2.29. The van der Waals surface area contributed by atoms with Crippen molar-refractivity contribution in [2.45, 2.75) is 32.4 Å². The fourth-order valence-corrected chi connectivity index (χ4v) is 2.12. The minimum absolute atomic E-state index is 0.227. The number of nitrogens with one attached hydrogen (secondary N) is 1. The molecule has 2 nitrogen and oxygen atoms in total. The smallest absolute Gasteiger partial charge is 0.132 e. The third kappa shape index (κ3) is 3.17. The molecule has 0 saturated heterocycles. The van der Waals surface area contributed by atoms with Gasteiger partial charge in [0.25, 0.3) is 0 Å². The molecule has 0 aromatic heterocycles. The number of para-hydroxylation sites is 1. The van der Waals surface area contributed by atoms with E-state index in [9.17, 15) is 4.39 Å². The molecule has 0 atom stereocenters. The first-order valence-corrected chi connectivity index (χ1v) is 6.97. The number of hydrogen-bond donors (Lipinski definition) is 1. The van der Waals surface area contributed by atoms with Gasteiger partial charge in [0.1, 0.15) is 17.3 Å². The van der Waals surface area contributed by atoms with Crippen molar-refractivity contribution in [2.75, 3.05) is 0 Å². The lowest BCUT2D eigenvalue weighted by molar-refractivity contribution is 0.466. The molecule has 104 valence electrons. The summed E-state index contributed by atoms with van der Waals surface area (Å²) in [6.45, 7) is 2.64. The molecule has 3 heteroatoms. The second-order valence-corrected chi connectivity index (χ2v) is 5.27. The van der Waals surface area contributed by atoms with Crippen LogP contribution in [0.2, 0.25) is 0 Å². The molecule has 0 amide bonds. The SMILES string of the molecule is Cc1ccccc1Oc1ccc(F)cc1CNC1CC1. The van der Waals surface area contributed by atoms with E-state index in [4.69, 9.17) is 4.74 Å². The van der Waals surface area contributed by atoms with Gasteiger partial charge < -0.3 is 10.1 Å². The summed E-state index contributed by atoms with van der Waals surface area (Å²) in [6.07, 6.45) is 2.42. The highest BCUT2D eigenvalue weighted by atomic mass is 19.1. The maximum atomic E-state index is 13.4. The van der Waals surface area contributed by atoms with Gasteiger partial charge in [-0.3, -0.25) is 0 Å². The monoisotopic (exact) mass is 271 g/mol. The summed E-state index contributed by atoms with van der Waals surface area (Å²) in [5.41, 5.74) is 1.93. The molecule has 1 saturated carbocycles.